The second kappa shape index (κ2) is 7.83. The molecule has 0 fully saturated rings. The third-order valence-electron chi connectivity index (χ3n) is 3.07. The molecule has 0 spiro atoms. The van der Waals surface area contributed by atoms with E-state index in [1.54, 1.807) is 11.3 Å². The van der Waals surface area contributed by atoms with E-state index in [0.29, 0.717) is 5.92 Å². The first kappa shape index (κ1) is 14.7. The van der Waals surface area contributed by atoms with Crippen LogP contribution in [0.4, 0.5) is 0 Å². The van der Waals surface area contributed by atoms with E-state index < -0.39 is 0 Å². The van der Waals surface area contributed by atoms with Gasteiger partial charge in [0.05, 0.1) is 11.7 Å². The lowest BCUT2D eigenvalue weighted by molar-refractivity contribution is 0.552. The van der Waals surface area contributed by atoms with Crippen molar-refractivity contribution in [3.63, 3.8) is 0 Å². The van der Waals surface area contributed by atoms with Crippen LogP contribution in [0, 0.1) is 0 Å². The number of nitrogens with two attached hydrogens (primary N) is 1. The quantitative estimate of drug-likeness (QED) is 0.687. The maximum Gasteiger partial charge on any atom is 0.110 e. The van der Waals surface area contributed by atoms with Gasteiger partial charge in [0.25, 0.3) is 0 Å². The number of aromatic nitrogens is 1. The van der Waals surface area contributed by atoms with E-state index in [1.165, 1.54) is 37.8 Å². The molecule has 1 rings (SSSR count). The molecule has 3 heteroatoms. The van der Waals surface area contributed by atoms with Crippen molar-refractivity contribution in [1.82, 2.24) is 4.98 Å². The van der Waals surface area contributed by atoms with Crippen LogP contribution in [0.15, 0.2) is 5.38 Å². The summed E-state index contributed by atoms with van der Waals surface area (Å²) in [6, 6.07) is 0.147. The Bertz CT molecular complexity index is 307. The minimum atomic E-state index is 0.147. The van der Waals surface area contributed by atoms with Crippen LogP contribution >= 0.6 is 11.3 Å². The van der Waals surface area contributed by atoms with Crippen molar-refractivity contribution in [2.24, 2.45) is 5.73 Å². The van der Waals surface area contributed by atoms with Gasteiger partial charge in [0, 0.05) is 5.38 Å². The highest BCUT2D eigenvalue weighted by Crippen LogP contribution is 2.24. The molecule has 0 amide bonds. The maximum atomic E-state index is 6.17. The average molecular weight is 254 g/mol. The SMILES string of the molecule is CCCCCCCC(N)c1nc(C(C)C)cs1. The molecule has 98 valence electrons. The molecular weight excluding hydrogens is 228 g/mol. The minimum absolute atomic E-state index is 0.147. The van der Waals surface area contributed by atoms with Crippen LogP contribution in [0.5, 0.6) is 0 Å². The number of rotatable bonds is 8. The molecule has 1 aromatic rings. The minimum Gasteiger partial charge on any atom is -0.322 e. The molecule has 1 aromatic heterocycles. The van der Waals surface area contributed by atoms with Gasteiger partial charge in [-0.15, -0.1) is 11.3 Å². The molecule has 0 saturated carbocycles. The molecule has 1 heterocycles. The standard InChI is InChI=1S/C14H26N2S/c1-4-5-6-7-8-9-12(15)14-16-13(10-17-14)11(2)3/h10-12H,4-9,15H2,1-3H3. The number of unbranched alkanes of at least 4 members (excludes halogenated alkanes) is 4. The Balaban J connectivity index is 2.28. The zero-order valence-corrected chi connectivity index (χ0v) is 12.2. The molecule has 0 aliphatic heterocycles. The Kier molecular flexibility index (Phi) is 6.75. The van der Waals surface area contributed by atoms with Crippen molar-refractivity contribution in [1.29, 1.82) is 0 Å². The van der Waals surface area contributed by atoms with Crippen molar-refractivity contribution in [2.45, 2.75) is 71.3 Å². The van der Waals surface area contributed by atoms with Gasteiger partial charge in [-0.1, -0.05) is 52.9 Å². The molecule has 17 heavy (non-hydrogen) atoms. The van der Waals surface area contributed by atoms with Crippen LogP contribution < -0.4 is 5.73 Å². The van der Waals surface area contributed by atoms with Crippen LogP contribution in [-0.2, 0) is 0 Å². The van der Waals surface area contributed by atoms with E-state index >= 15 is 0 Å². The van der Waals surface area contributed by atoms with Crippen LogP contribution in [0.3, 0.4) is 0 Å². The fraction of sp³-hybridized carbons (Fsp3) is 0.786. The third kappa shape index (κ3) is 5.17. The topological polar surface area (TPSA) is 38.9 Å². The van der Waals surface area contributed by atoms with E-state index in [1.807, 2.05) is 0 Å². The van der Waals surface area contributed by atoms with E-state index in [0.717, 1.165) is 11.4 Å². The van der Waals surface area contributed by atoms with Crippen LogP contribution in [0.2, 0.25) is 0 Å². The van der Waals surface area contributed by atoms with Gasteiger partial charge in [0.15, 0.2) is 0 Å². The Morgan fingerprint density at radius 3 is 2.53 bits per heavy atom. The third-order valence-corrected chi connectivity index (χ3v) is 4.06. The summed E-state index contributed by atoms with van der Waals surface area (Å²) in [4.78, 5) is 4.62. The van der Waals surface area contributed by atoms with Crippen molar-refractivity contribution in [3.05, 3.63) is 16.1 Å². The van der Waals surface area contributed by atoms with Crippen molar-refractivity contribution >= 4 is 11.3 Å². The number of hydrogen-bond donors (Lipinski definition) is 1. The Hall–Kier alpha value is -0.410. The van der Waals surface area contributed by atoms with Gasteiger partial charge in [-0.25, -0.2) is 4.98 Å². The number of nitrogens with zero attached hydrogens (tertiary/aromatic N) is 1. The van der Waals surface area contributed by atoms with Crippen molar-refractivity contribution in [3.8, 4) is 0 Å². The van der Waals surface area contributed by atoms with Crippen molar-refractivity contribution in [2.75, 3.05) is 0 Å². The predicted octanol–water partition coefficient (Wildman–Crippen LogP) is 4.63. The van der Waals surface area contributed by atoms with Gasteiger partial charge in [-0.05, 0) is 12.3 Å². The zero-order valence-electron chi connectivity index (χ0n) is 11.4. The summed E-state index contributed by atoms with van der Waals surface area (Å²) < 4.78 is 0. The van der Waals surface area contributed by atoms with Gasteiger partial charge >= 0.3 is 0 Å². The molecular formula is C14H26N2S. The van der Waals surface area contributed by atoms with E-state index in [2.05, 4.69) is 31.1 Å². The average Bonchev–Trinajstić information content (AvgIpc) is 2.78. The van der Waals surface area contributed by atoms with E-state index in [-0.39, 0.29) is 6.04 Å². The number of hydrogen-bond acceptors (Lipinski definition) is 3. The fourth-order valence-electron chi connectivity index (χ4n) is 1.83. The van der Waals surface area contributed by atoms with Gasteiger partial charge in [-0.2, -0.15) is 0 Å². The molecule has 1 atom stereocenters. The van der Waals surface area contributed by atoms with Crippen LogP contribution in [-0.4, -0.2) is 4.98 Å². The normalized spacial score (nSPS) is 13.2. The highest BCUT2D eigenvalue weighted by molar-refractivity contribution is 7.09. The monoisotopic (exact) mass is 254 g/mol. The molecule has 2 N–H and O–H groups in total. The molecule has 0 bridgehead atoms. The lowest BCUT2D eigenvalue weighted by Crippen LogP contribution is -2.10. The largest absolute Gasteiger partial charge is 0.322 e. The molecule has 0 radical (unpaired) electrons. The summed E-state index contributed by atoms with van der Waals surface area (Å²) in [7, 11) is 0. The maximum absolute atomic E-state index is 6.17. The zero-order chi connectivity index (χ0) is 12.7. The Morgan fingerprint density at radius 1 is 1.24 bits per heavy atom. The summed E-state index contributed by atoms with van der Waals surface area (Å²) >= 11 is 1.72. The first-order chi connectivity index (χ1) is 8.15. The number of thiazole rings is 1. The molecule has 0 saturated heterocycles. The smallest absolute Gasteiger partial charge is 0.110 e. The Labute approximate surface area is 110 Å². The van der Waals surface area contributed by atoms with E-state index in [4.69, 9.17) is 5.73 Å². The highest BCUT2D eigenvalue weighted by Gasteiger charge is 2.12. The fourth-order valence-corrected chi connectivity index (χ4v) is 2.84. The summed E-state index contributed by atoms with van der Waals surface area (Å²) in [6.07, 6.45) is 7.62. The van der Waals surface area contributed by atoms with Crippen LogP contribution in [0.1, 0.15) is 82.0 Å². The molecule has 0 aliphatic carbocycles. The first-order valence-electron chi connectivity index (χ1n) is 6.86. The Morgan fingerprint density at radius 2 is 1.94 bits per heavy atom. The van der Waals surface area contributed by atoms with Gasteiger partial charge in [0.2, 0.25) is 0 Å². The summed E-state index contributed by atoms with van der Waals surface area (Å²) in [5.74, 6) is 0.511. The van der Waals surface area contributed by atoms with Gasteiger partial charge < -0.3 is 5.73 Å². The lowest BCUT2D eigenvalue weighted by atomic mass is 10.1. The molecule has 2 nitrogen and oxygen atoms in total. The highest BCUT2D eigenvalue weighted by atomic mass is 32.1. The molecule has 0 aromatic carbocycles. The summed E-state index contributed by atoms with van der Waals surface area (Å²) in [5, 5.41) is 3.26. The molecule has 1 unspecified atom stereocenters. The van der Waals surface area contributed by atoms with Crippen molar-refractivity contribution < 1.29 is 0 Å². The van der Waals surface area contributed by atoms with Crippen LogP contribution in [0.25, 0.3) is 0 Å². The second-order valence-corrected chi connectivity index (χ2v) is 5.96. The van der Waals surface area contributed by atoms with E-state index in [9.17, 15) is 0 Å². The predicted molar refractivity (Wildman–Crippen MR) is 76.5 cm³/mol. The molecule has 0 aliphatic rings. The van der Waals surface area contributed by atoms with Gasteiger partial charge in [0.1, 0.15) is 5.01 Å². The summed E-state index contributed by atoms with van der Waals surface area (Å²) in [5.41, 5.74) is 7.36. The second-order valence-electron chi connectivity index (χ2n) is 5.07. The summed E-state index contributed by atoms with van der Waals surface area (Å²) in [6.45, 7) is 6.60. The van der Waals surface area contributed by atoms with Gasteiger partial charge in [-0.3, -0.25) is 0 Å². The lowest BCUT2D eigenvalue weighted by Gasteiger charge is -2.08. The first-order valence-corrected chi connectivity index (χ1v) is 7.74.